The van der Waals surface area contributed by atoms with Crippen LogP contribution in [-0.2, 0) is 0 Å². The Morgan fingerprint density at radius 1 is 1.12 bits per heavy atom. The summed E-state index contributed by atoms with van der Waals surface area (Å²) < 4.78 is 0.777. The molecule has 0 bridgehead atoms. The topological polar surface area (TPSA) is 93.8 Å². The van der Waals surface area contributed by atoms with Gasteiger partial charge >= 0.3 is 0 Å². The smallest absolute Gasteiger partial charge is 0.277 e. The maximum Gasteiger partial charge on any atom is 0.277 e. The number of nitrogens with zero attached hydrogens (tertiary/aromatic N) is 3. The molecule has 0 saturated carbocycles. The summed E-state index contributed by atoms with van der Waals surface area (Å²) in [5.41, 5.74) is 7.38. The number of anilines is 2. The largest absolute Gasteiger partial charge is 0.364 e. The van der Waals surface area contributed by atoms with Crippen LogP contribution in [0.3, 0.4) is 0 Å². The molecule has 0 radical (unpaired) electrons. The first-order valence-electron chi connectivity index (χ1n) is 7.09. The number of carbonyl (C=O) groups excluding carboxylic acids is 1. The minimum atomic E-state index is -0.568. The average molecular weight is 390 g/mol. The fourth-order valence-electron chi connectivity index (χ4n) is 2.45. The van der Waals surface area contributed by atoms with E-state index in [4.69, 9.17) is 28.9 Å². The summed E-state index contributed by atoms with van der Waals surface area (Å²) in [5.74, 6) is -0.0130. The molecule has 4 aromatic rings. The van der Waals surface area contributed by atoms with Crippen molar-refractivity contribution in [2.75, 3.05) is 5.32 Å². The summed E-state index contributed by atoms with van der Waals surface area (Å²) >= 11 is 13.4. The van der Waals surface area contributed by atoms with Crippen molar-refractivity contribution >= 4 is 73.1 Å². The standard InChI is InChI=1S/C16H9Cl2N5OS/c17-7-1-2-9(8(18)5-7)22-15-12-10(20-6-21-15)3-4-11-13(12)25-16(23-11)14(19)24/h1-6H,(H2,19,24)(H,20,21,22). The van der Waals surface area contributed by atoms with Crippen LogP contribution in [0.15, 0.2) is 36.7 Å². The molecule has 0 aliphatic rings. The number of amides is 1. The van der Waals surface area contributed by atoms with Gasteiger partial charge < -0.3 is 11.1 Å². The van der Waals surface area contributed by atoms with E-state index in [1.165, 1.54) is 17.7 Å². The molecule has 2 heterocycles. The molecule has 1 amide bonds. The molecular formula is C16H9Cl2N5OS. The maximum atomic E-state index is 11.5. The predicted molar refractivity (Wildman–Crippen MR) is 101 cm³/mol. The number of thiazole rings is 1. The van der Waals surface area contributed by atoms with Crippen molar-refractivity contribution in [1.82, 2.24) is 15.0 Å². The number of nitrogens with one attached hydrogen (secondary N) is 1. The number of hydrogen-bond acceptors (Lipinski definition) is 6. The van der Waals surface area contributed by atoms with Crippen LogP contribution in [0.2, 0.25) is 10.0 Å². The van der Waals surface area contributed by atoms with Crippen molar-refractivity contribution < 1.29 is 4.79 Å². The number of primary amides is 1. The highest BCUT2D eigenvalue weighted by Gasteiger charge is 2.15. The van der Waals surface area contributed by atoms with Gasteiger partial charge in [-0.25, -0.2) is 15.0 Å². The lowest BCUT2D eigenvalue weighted by molar-refractivity contribution is 0.1000. The van der Waals surface area contributed by atoms with Crippen LogP contribution in [0.4, 0.5) is 11.5 Å². The lowest BCUT2D eigenvalue weighted by atomic mass is 10.2. The first-order valence-corrected chi connectivity index (χ1v) is 8.66. The minimum Gasteiger partial charge on any atom is -0.364 e. The normalized spacial score (nSPS) is 11.1. The molecule has 0 aliphatic heterocycles. The van der Waals surface area contributed by atoms with Gasteiger partial charge in [-0.3, -0.25) is 4.79 Å². The van der Waals surface area contributed by atoms with E-state index in [1.807, 2.05) is 6.07 Å². The summed E-state index contributed by atoms with van der Waals surface area (Å²) in [4.78, 5) is 24.3. The molecule has 124 valence electrons. The molecule has 25 heavy (non-hydrogen) atoms. The number of hydrogen-bond donors (Lipinski definition) is 2. The van der Waals surface area contributed by atoms with E-state index in [1.54, 1.807) is 24.3 Å². The lowest BCUT2D eigenvalue weighted by Crippen LogP contribution is -2.09. The van der Waals surface area contributed by atoms with E-state index in [-0.39, 0.29) is 5.01 Å². The van der Waals surface area contributed by atoms with Crippen LogP contribution >= 0.6 is 34.5 Å². The molecule has 6 nitrogen and oxygen atoms in total. The van der Waals surface area contributed by atoms with E-state index in [9.17, 15) is 4.79 Å². The summed E-state index contributed by atoms with van der Waals surface area (Å²) in [7, 11) is 0. The van der Waals surface area contributed by atoms with Gasteiger partial charge in [0.15, 0.2) is 5.01 Å². The van der Waals surface area contributed by atoms with Crippen molar-refractivity contribution in [3.05, 3.63) is 51.7 Å². The number of halogens is 2. The first kappa shape index (κ1) is 16.0. The second-order valence-electron chi connectivity index (χ2n) is 5.16. The summed E-state index contributed by atoms with van der Waals surface area (Å²) in [5, 5.41) is 5.19. The van der Waals surface area contributed by atoms with E-state index in [0.29, 0.717) is 27.1 Å². The predicted octanol–water partition coefficient (Wildman–Crippen LogP) is 4.39. The number of nitrogens with two attached hydrogens (primary N) is 1. The van der Waals surface area contributed by atoms with Gasteiger partial charge in [-0.15, -0.1) is 11.3 Å². The van der Waals surface area contributed by atoms with E-state index >= 15 is 0 Å². The Morgan fingerprint density at radius 2 is 1.92 bits per heavy atom. The Kier molecular flexibility index (Phi) is 3.91. The van der Waals surface area contributed by atoms with Crippen molar-refractivity contribution in [3.8, 4) is 0 Å². The third-order valence-corrected chi connectivity index (χ3v) is 5.20. The van der Waals surface area contributed by atoms with Crippen LogP contribution in [0.25, 0.3) is 21.1 Å². The summed E-state index contributed by atoms with van der Waals surface area (Å²) in [6, 6.07) is 8.75. The summed E-state index contributed by atoms with van der Waals surface area (Å²) in [6.07, 6.45) is 1.45. The minimum absolute atomic E-state index is 0.238. The Hall–Kier alpha value is -2.48. The molecule has 2 aromatic carbocycles. The Bertz CT molecular complexity index is 1140. The average Bonchev–Trinajstić information content (AvgIpc) is 3.02. The molecule has 0 aliphatic carbocycles. The van der Waals surface area contributed by atoms with Gasteiger partial charge in [0.2, 0.25) is 0 Å². The Labute approximate surface area is 155 Å². The first-order chi connectivity index (χ1) is 12.0. The molecular weight excluding hydrogens is 381 g/mol. The molecule has 3 N–H and O–H groups in total. The van der Waals surface area contributed by atoms with Gasteiger partial charge in [-0.2, -0.15) is 0 Å². The Balaban J connectivity index is 1.93. The maximum absolute atomic E-state index is 11.5. The highest BCUT2D eigenvalue weighted by molar-refractivity contribution is 7.21. The zero-order valence-electron chi connectivity index (χ0n) is 12.5. The summed E-state index contributed by atoms with van der Waals surface area (Å²) in [6.45, 7) is 0. The number of carbonyl (C=O) groups is 1. The second kappa shape index (κ2) is 6.11. The zero-order valence-corrected chi connectivity index (χ0v) is 14.8. The monoisotopic (exact) mass is 389 g/mol. The van der Waals surface area contributed by atoms with Crippen molar-refractivity contribution in [3.63, 3.8) is 0 Å². The second-order valence-corrected chi connectivity index (χ2v) is 7.01. The van der Waals surface area contributed by atoms with E-state index in [0.717, 1.165) is 15.6 Å². The van der Waals surface area contributed by atoms with Gasteiger partial charge in [0.25, 0.3) is 5.91 Å². The van der Waals surface area contributed by atoms with Crippen LogP contribution < -0.4 is 11.1 Å². The molecule has 0 saturated heterocycles. The highest BCUT2D eigenvalue weighted by atomic mass is 35.5. The Morgan fingerprint density at radius 3 is 2.68 bits per heavy atom. The number of aromatic nitrogens is 3. The van der Waals surface area contributed by atoms with Crippen LogP contribution in [0.1, 0.15) is 9.80 Å². The SMILES string of the molecule is NC(=O)c1nc2ccc3ncnc(Nc4ccc(Cl)cc4Cl)c3c2s1. The number of rotatable bonds is 3. The van der Waals surface area contributed by atoms with Crippen LogP contribution in [0, 0.1) is 0 Å². The fourth-order valence-corrected chi connectivity index (χ4v) is 3.87. The van der Waals surface area contributed by atoms with E-state index < -0.39 is 5.91 Å². The van der Waals surface area contributed by atoms with Gasteiger partial charge in [0.1, 0.15) is 12.1 Å². The van der Waals surface area contributed by atoms with Gasteiger partial charge in [-0.05, 0) is 30.3 Å². The quantitative estimate of drug-likeness (QED) is 0.541. The van der Waals surface area contributed by atoms with Crippen molar-refractivity contribution in [2.45, 2.75) is 0 Å². The molecule has 4 rings (SSSR count). The lowest BCUT2D eigenvalue weighted by Gasteiger charge is -2.10. The third-order valence-electron chi connectivity index (χ3n) is 3.55. The van der Waals surface area contributed by atoms with Crippen molar-refractivity contribution in [2.24, 2.45) is 5.73 Å². The molecule has 0 unspecified atom stereocenters. The fraction of sp³-hybridized carbons (Fsp3) is 0. The zero-order chi connectivity index (χ0) is 17.6. The van der Waals surface area contributed by atoms with Gasteiger partial charge in [0, 0.05) is 5.02 Å². The van der Waals surface area contributed by atoms with E-state index in [2.05, 4.69) is 20.3 Å². The molecule has 2 aromatic heterocycles. The molecule has 9 heteroatoms. The van der Waals surface area contributed by atoms with Gasteiger partial charge in [0.05, 0.1) is 31.8 Å². The third kappa shape index (κ3) is 2.86. The van der Waals surface area contributed by atoms with Crippen LogP contribution in [-0.4, -0.2) is 20.9 Å². The van der Waals surface area contributed by atoms with Crippen LogP contribution in [0.5, 0.6) is 0 Å². The number of fused-ring (bicyclic) bond motifs is 3. The van der Waals surface area contributed by atoms with Crippen molar-refractivity contribution in [1.29, 1.82) is 0 Å². The molecule has 0 atom stereocenters. The van der Waals surface area contributed by atoms with Gasteiger partial charge in [-0.1, -0.05) is 23.2 Å². The molecule has 0 fully saturated rings. The molecule has 0 spiro atoms. The number of benzene rings is 2. The highest BCUT2D eigenvalue weighted by Crippen LogP contribution is 2.35.